The molecule has 3 heterocycles. The number of rotatable bonds is 5. The normalized spacial score (nSPS) is 25.9. The third kappa shape index (κ3) is 3.79. The molecule has 0 radical (unpaired) electrons. The Balaban J connectivity index is 1.44. The molecule has 2 N–H and O–H groups in total. The van der Waals surface area contributed by atoms with E-state index in [0.29, 0.717) is 12.4 Å². The summed E-state index contributed by atoms with van der Waals surface area (Å²) in [5, 5.41) is 9.85. The molecule has 1 amide bonds. The molecule has 3 rings (SSSR count). The van der Waals surface area contributed by atoms with Gasteiger partial charge in [0, 0.05) is 13.2 Å². The van der Waals surface area contributed by atoms with Gasteiger partial charge in [-0.2, -0.15) is 4.98 Å². The fourth-order valence-corrected chi connectivity index (χ4v) is 2.83. The summed E-state index contributed by atoms with van der Waals surface area (Å²) in [5.41, 5.74) is 0. The summed E-state index contributed by atoms with van der Waals surface area (Å²) in [5.74, 6) is 0.343. The first-order valence-electron chi connectivity index (χ1n) is 7.80. The lowest BCUT2D eigenvalue weighted by molar-refractivity contribution is 0.0117. The summed E-state index contributed by atoms with van der Waals surface area (Å²) >= 11 is 0. The molecule has 0 saturated carbocycles. The molecule has 1 aromatic rings. The number of carbonyl (C=O) groups is 1. The van der Waals surface area contributed by atoms with Crippen LogP contribution in [0.2, 0.25) is 0 Å². The number of nitrogens with zero attached hydrogens (tertiary/aromatic N) is 2. The van der Waals surface area contributed by atoms with Crippen LogP contribution in [0.25, 0.3) is 0 Å². The van der Waals surface area contributed by atoms with Crippen molar-refractivity contribution in [2.45, 2.75) is 50.7 Å². The standard InChI is InChI=1S/C14H22N4O3/c19-13(16-8-6-10-4-1-2-9-20-10)12-17-14(21-18-12)11-5-3-7-15-11/h10-11,15H,1-9H2,(H,16,19). The van der Waals surface area contributed by atoms with E-state index in [9.17, 15) is 4.79 Å². The molecule has 7 nitrogen and oxygen atoms in total. The van der Waals surface area contributed by atoms with Crippen LogP contribution in [0.5, 0.6) is 0 Å². The van der Waals surface area contributed by atoms with Gasteiger partial charge in [-0.05, 0) is 45.1 Å². The number of hydrogen-bond acceptors (Lipinski definition) is 6. The van der Waals surface area contributed by atoms with E-state index < -0.39 is 0 Å². The Morgan fingerprint density at radius 1 is 1.33 bits per heavy atom. The summed E-state index contributed by atoms with van der Waals surface area (Å²) in [6, 6.07) is 0.0923. The molecule has 2 atom stereocenters. The van der Waals surface area contributed by atoms with Gasteiger partial charge in [0.2, 0.25) is 5.89 Å². The van der Waals surface area contributed by atoms with Gasteiger partial charge in [0.15, 0.2) is 0 Å². The molecule has 2 saturated heterocycles. The average Bonchev–Trinajstić information content (AvgIpc) is 3.19. The fourth-order valence-electron chi connectivity index (χ4n) is 2.83. The van der Waals surface area contributed by atoms with Gasteiger partial charge in [-0.15, -0.1) is 0 Å². The van der Waals surface area contributed by atoms with Crippen molar-refractivity contribution >= 4 is 5.91 Å². The van der Waals surface area contributed by atoms with Crippen LogP contribution >= 0.6 is 0 Å². The van der Waals surface area contributed by atoms with E-state index in [1.165, 1.54) is 6.42 Å². The minimum absolute atomic E-state index is 0.0923. The second-order valence-corrected chi connectivity index (χ2v) is 5.64. The predicted octanol–water partition coefficient (Wildman–Crippen LogP) is 1.18. The number of ether oxygens (including phenoxy) is 1. The maximum Gasteiger partial charge on any atom is 0.292 e. The molecular formula is C14H22N4O3. The molecule has 2 unspecified atom stereocenters. The Hall–Kier alpha value is -1.47. The van der Waals surface area contributed by atoms with E-state index >= 15 is 0 Å². The lowest BCUT2D eigenvalue weighted by atomic mass is 10.1. The molecule has 0 aliphatic carbocycles. The largest absolute Gasteiger partial charge is 0.378 e. The van der Waals surface area contributed by atoms with E-state index in [-0.39, 0.29) is 23.9 Å². The van der Waals surface area contributed by atoms with Crippen molar-refractivity contribution in [1.82, 2.24) is 20.8 Å². The van der Waals surface area contributed by atoms with E-state index in [1.807, 2.05) is 0 Å². The zero-order chi connectivity index (χ0) is 14.5. The van der Waals surface area contributed by atoms with Crippen LogP contribution in [0.15, 0.2) is 4.52 Å². The maximum atomic E-state index is 12.0. The van der Waals surface area contributed by atoms with Crippen molar-refractivity contribution in [2.75, 3.05) is 19.7 Å². The summed E-state index contributed by atoms with van der Waals surface area (Å²) in [6.45, 7) is 2.37. The zero-order valence-corrected chi connectivity index (χ0v) is 12.1. The Bertz CT molecular complexity index is 465. The highest BCUT2D eigenvalue weighted by atomic mass is 16.5. The third-order valence-electron chi connectivity index (χ3n) is 4.03. The maximum absolute atomic E-state index is 12.0. The predicted molar refractivity (Wildman–Crippen MR) is 74.8 cm³/mol. The van der Waals surface area contributed by atoms with Crippen molar-refractivity contribution in [3.8, 4) is 0 Å². The minimum atomic E-state index is -0.279. The van der Waals surface area contributed by atoms with E-state index in [1.54, 1.807) is 0 Å². The van der Waals surface area contributed by atoms with E-state index in [0.717, 1.165) is 45.3 Å². The number of carbonyl (C=O) groups excluding carboxylic acids is 1. The van der Waals surface area contributed by atoms with Crippen LogP contribution in [0.3, 0.4) is 0 Å². The summed E-state index contributed by atoms with van der Waals surface area (Å²) in [4.78, 5) is 16.1. The van der Waals surface area contributed by atoms with Gasteiger partial charge in [-0.25, -0.2) is 0 Å². The number of hydrogen-bond donors (Lipinski definition) is 2. The Labute approximate surface area is 123 Å². The summed E-state index contributed by atoms with van der Waals surface area (Å²) < 4.78 is 10.8. The lowest BCUT2D eigenvalue weighted by Gasteiger charge is -2.22. The van der Waals surface area contributed by atoms with Crippen molar-refractivity contribution in [2.24, 2.45) is 0 Å². The van der Waals surface area contributed by atoms with Crippen molar-refractivity contribution in [1.29, 1.82) is 0 Å². The molecule has 116 valence electrons. The van der Waals surface area contributed by atoms with Crippen molar-refractivity contribution in [3.05, 3.63) is 11.7 Å². The minimum Gasteiger partial charge on any atom is -0.378 e. The molecule has 21 heavy (non-hydrogen) atoms. The molecule has 2 aliphatic rings. The van der Waals surface area contributed by atoms with E-state index in [4.69, 9.17) is 9.26 Å². The monoisotopic (exact) mass is 294 g/mol. The molecule has 2 fully saturated rings. The van der Waals surface area contributed by atoms with Gasteiger partial charge in [0.25, 0.3) is 11.7 Å². The molecule has 2 aliphatic heterocycles. The topological polar surface area (TPSA) is 89.3 Å². The molecule has 0 aromatic carbocycles. The second kappa shape index (κ2) is 7.00. The van der Waals surface area contributed by atoms with Crippen LogP contribution < -0.4 is 10.6 Å². The first kappa shape index (κ1) is 14.5. The highest BCUT2D eigenvalue weighted by Gasteiger charge is 2.24. The van der Waals surface area contributed by atoms with Crippen LogP contribution in [-0.2, 0) is 4.74 Å². The van der Waals surface area contributed by atoms with Crippen molar-refractivity contribution in [3.63, 3.8) is 0 Å². The van der Waals surface area contributed by atoms with Crippen LogP contribution in [0.4, 0.5) is 0 Å². The Morgan fingerprint density at radius 2 is 2.29 bits per heavy atom. The van der Waals surface area contributed by atoms with Gasteiger partial charge >= 0.3 is 0 Å². The lowest BCUT2D eigenvalue weighted by Crippen LogP contribution is -2.30. The molecule has 0 bridgehead atoms. The van der Waals surface area contributed by atoms with Gasteiger partial charge < -0.3 is 19.9 Å². The second-order valence-electron chi connectivity index (χ2n) is 5.64. The average molecular weight is 294 g/mol. The van der Waals surface area contributed by atoms with Gasteiger partial charge in [-0.1, -0.05) is 5.16 Å². The SMILES string of the molecule is O=C(NCCC1CCCCO1)c1noc(C2CCCN2)n1. The zero-order valence-electron chi connectivity index (χ0n) is 12.1. The van der Waals surface area contributed by atoms with Crippen LogP contribution in [0, 0.1) is 0 Å². The molecule has 7 heteroatoms. The van der Waals surface area contributed by atoms with Crippen LogP contribution in [0.1, 0.15) is 61.1 Å². The Kier molecular flexibility index (Phi) is 4.82. The first-order chi connectivity index (χ1) is 10.3. The smallest absolute Gasteiger partial charge is 0.292 e. The Morgan fingerprint density at radius 3 is 3.05 bits per heavy atom. The van der Waals surface area contributed by atoms with Gasteiger partial charge in [-0.3, -0.25) is 4.79 Å². The number of nitrogens with one attached hydrogen (secondary N) is 2. The highest BCUT2D eigenvalue weighted by molar-refractivity contribution is 5.90. The highest BCUT2D eigenvalue weighted by Crippen LogP contribution is 2.21. The molecule has 1 aromatic heterocycles. The first-order valence-corrected chi connectivity index (χ1v) is 7.80. The van der Waals surface area contributed by atoms with Gasteiger partial charge in [0.1, 0.15) is 0 Å². The van der Waals surface area contributed by atoms with E-state index in [2.05, 4.69) is 20.8 Å². The third-order valence-corrected chi connectivity index (χ3v) is 4.03. The van der Waals surface area contributed by atoms with Crippen molar-refractivity contribution < 1.29 is 14.1 Å². The molecule has 0 spiro atoms. The number of aromatic nitrogens is 2. The number of amides is 1. The summed E-state index contributed by atoms with van der Waals surface area (Å²) in [6.07, 6.45) is 6.60. The molecular weight excluding hydrogens is 272 g/mol. The summed E-state index contributed by atoms with van der Waals surface area (Å²) in [7, 11) is 0. The van der Waals surface area contributed by atoms with Gasteiger partial charge in [0.05, 0.1) is 12.1 Å². The van der Waals surface area contributed by atoms with Crippen LogP contribution in [-0.4, -0.2) is 41.8 Å². The quantitative estimate of drug-likeness (QED) is 0.847. The fraction of sp³-hybridized carbons (Fsp3) is 0.786.